The Bertz CT molecular complexity index is 739. The highest BCUT2D eigenvalue weighted by Crippen LogP contribution is 2.33. The molecule has 0 aliphatic heterocycles. The number of hydrogen-bond acceptors (Lipinski definition) is 4. The number of esters is 1. The molecule has 0 saturated carbocycles. The third-order valence-electron chi connectivity index (χ3n) is 2.94. The molecule has 0 aliphatic rings. The van der Waals surface area contributed by atoms with Gasteiger partial charge in [-0.15, -0.1) is 0 Å². The number of carboxylic acids is 1. The van der Waals surface area contributed by atoms with Crippen molar-refractivity contribution in [3.8, 4) is 22.6 Å². The largest absolute Gasteiger partial charge is 0.496 e. The highest BCUT2D eigenvalue weighted by atomic mass is 19.1. The van der Waals surface area contributed by atoms with Gasteiger partial charge in [-0.2, -0.15) is 0 Å². The first-order valence-corrected chi connectivity index (χ1v) is 6.32. The molecule has 0 heterocycles. The van der Waals surface area contributed by atoms with Gasteiger partial charge in [-0.05, 0) is 29.8 Å². The van der Waals surface area contributed by atoms with Gasteiger partial charge in [0.1, 0.15) is 22.9 Å². The number of ether oxygens (including phenoxy) is 2. The van der Waals surface area contributed by atoms with Crippen LogP contribution in [0.4, 0.5) is 4.39 Å². The first-order chi connectivity index (χ1) is 10.4. The Morgan fingerprint density at radius 1 is 1.09 bits per heavy atom. The normalized spacial score (nSPS) is 10.1. The van der Waals surface area contributed by atoms with Gasteiger partial charge in [0, 0.05) is 18.6 Å². The third kappa shape index (κ3) is 3.22. The van der Waals surface area contributed by atoms with Crippen LogP contribution in [-0.2, 0) is 4.79 Å². The molecule has 2 rings (SSSR count). The van der Waals surface area contributed by atoms with Crippen LogP contribution in [0, 0.1) is 5.82 Å². The zero-order valence-corrected chi connectivity index (χ0v) is 11.9. The first kappa shape index (κ1) is 15.5. The molecule has 0 aromatic heterocycles. The molecule has 114 valence electrons. The van der Waals surface area contributed by atoms with Crippen LogP contribution in [0.2, 0.25) is 0 Å². The van der Waals surface area contributed by atoms with E-state index in [1.165, 1.54) is 44.4 Å². The van der Waals surface area contributed by atoms with E-state index >= 15 is 0 Å². The maximum atomic E-state index is 13.2. The lowest BCUT2D eigenvalue weighted by Crippen LogP contribution is -2.07. The van der Waals surface area contributed by atoms with Gasteiger partial charge in [0.15, 0.2) is 0 Å². The van der Waals surface area contributed by atoms with Gasteiger partial charge in [-0.3, -0.25) is 4.79 Å². The predicted molar refractivity (Wildman–Crippen MR) is 76.7 cm³/mol. The van der Waals surface area contributed by atoms with Crippen molar-refractivity contribution < 1.29 is 28.6 Å². The summed E-state index contributed by atoms with van der Waals surface area (Å²) in [6, 6.07) is 8.23. The van der Waals surface area contributed by atoms with Crippen molar-refractivity contribution in [1.82, 2.24) is 0 Å². The predicted octanol–water partition coefficient (Wildman–Crippen LogP) is 3.12. The molecule has 0 saturated heterocycles. The quantitative estimate of drug-likeness (QED) is 0.694. The van der Waals surface area contributed by atoms with Crippen LogP contribution in [0.25, 0.3) is 11.1 Å². The number of carboxylic acid groups (broad SMARTS) is 1. The lowest BCUT2D eigenvalue weighted by atomic mass is 10.0. The van der Waals surface area contributed by atoms with E-state index in [1.807, 2.05) is 0 Å². The Kier molecular flexibility index (Phi) is 4.41. The lowest BCUT2D eigenvalue weighted by molar-refractivity contribution is -0.131. The summed E-state index contributed by atoms with van der Waals surface area (Å²) in [5.74, 6) is -2.09. The van der Waals surface area contributed by atoms with Crippen molar-refractivity contribution in [1.29, 1.82) is 0 Å². The smallest absolute Gasteiger partial charge is 0.339 e. The van der Waals surface area contributed by atoms with E-state index in [1.54, 1.807) is 6.07 Å². The summed E-state index contributed by atoms with van der Waals surface area (Å²) in [5, 5.41) is 9.24. The van der Waals surface area contributed by atoms with Crippen LogP contribution >= 0.6 is 0 Å². The van der Waals surface area contributed by atoms with E-state index in [4.69, 9.17) is 9.47 Å². The summed E-state index contributed by atoms with van der Waals surface area (Å²) in [6.07, 6.45) is 0. The van der Waals surface area contributed by atoms with E-state index in [0.717, 1.165) is 0 Å². The lowest BCUT2D eigenvalue weighted by Gasteiger charge is -2.11. The van der Waals surface area contributed by atoms with Gasteiger partial charge in [0.25, 0.3) is 0 Å². The van der Waals surface area contributed by atoms with E-state index in [2.05, 4.69) is 0 Å². The summed E-state index contributed by atoms with van der Waals surface area (Å²) in [6.45, 7) is 1.18. The minimum atomic E-state index is -1.24. The second-order valence-corrected chi connectivity index (χ2v) is 4.45. The van der Waals surface area contributed by atoms with Crippen molar-refractivity contribution in [2.45, 2.75) is 6.92 Å². The average Bonchev–Trinajstić information content (AvgIpc) is 2.46. The summed E-state index contributed by atoms with van der Waals surface area (Å²) >= 11 is 0. The van der Waals surface area contributed by atoms with Gasteiger partial charge < -0.3 is 14.6 Å². The fourth-order valence-electron chi connectivity index (χ4n) is 2.01. The molecule has 0 unspecified atom stereocenters. The fourth-order valence-corrected chi connectivity index (χ4v) is 2.01. The van der Waals surface area contributed by atoms with Crippen molar-refractivity contribution >= 4 is 11.9 Å². The van der Waals surface area contributed by atoms with Crippen molar-refractivity contribution in [3.05, 3.63) is 47.8 Å². The van der Waals surface area contributed by atoms with Gasteiger partial charge >= 0.3 is 11.9 Å². The molecule has 5 nitrogen and oxygen atoms in total. The number of halogens is 1. The molecule has 22 heavy (non-hydrogen) atoms. The molecule has 2 aromatic carbocycles. The molecule has 0 radical (unpaired) electrons. The molecule has 0 aliphatic carbocycles. The summed E-state index contributed by atoms with van der Waals surface area (Å²) in [7, 11) is 1.39. The standard InChI is InChI=1S/C16H13FO5/c1-9(18)22-14-6-3-10(7-13(14)16(19)20)12-5-4-11(17)8-15(12)21-2/h3-8H,1-2H3,(H,19,20). The Morgan fingerprint density at radius 3 is 2.41 bits per heavy atom. The first-order valence-electron chi connectivity index (χ1n) is 6.32. The zero-order valence-electron chi connectivity index (χ0n) is 11.9. The van der Waals surface area contributed by atoms with Gasteiger partial charge in [0.05, 0.1) is 7.11 Å². The fraction of sp³-hybridized carbons (Fsp3) is 0.125. The Labute approximate surface area is 125 Å². The number of rotatable bonds is 4. The second-order valence-electron chi connectivity index (χ2n) is 4.45. The van der Waals surface area contributed by atoms with Crippen LogP contribution in [0.3, 0.4) is 0 Å². The number of benzene rings is 2. The Balaban J connectivity index is 2.56. The molecule has 0 amide bonds. The average molecular weight is 304 g/mol. The molecule has 0 fully saturated rings. The number of methoxy groups -OCH3 is 1. The molecule has 6 heteroatoms. The van der Waals surface area contributed by atoms with Crippen LogP contribution in [-0.4, -0.2) is 24.2 Å². The van der Waals surface area contributed by atoms with E-state index in [-0.39, 0.29) is 17.1 Å². The SMILES string of the molecule is COc1cc(F)ccc1-c1ccc(OC(C)=O)c(C(=O)O)c1. The van der Waals surface area contributed by atoms with E-state index in [9.17, 15) is 19.1 Å². The second kappa shape index (κ2) is 6.26. The number of carbonyl (C=O) groups is 2. The highest BCUT2D eigenvalue weighted by Gasteiger charge is 2.16. The molecule has 2 aromatic rings. The maximum Gasteiger partial charge on any atom is 0.339 e. The third-order valence-corrected chi connectivity index (χ3v) is 2.94. The minimum absolute atomic E-state index is 0.0511. The molecular formula is C16H13FO5. The van der Waals surface area contributed by atoms with Crippen molar-refractivity contribution in [3.63, 3.8) is 0 Å². The van der Waals surface area contributed by atoms with E-state index in [0.29, 0.717) is 11.1 Å². The topological polar surface area (TPSA) is 72.8 Å². The zero-order chi connectivity index (χ0) is 16.3. The monoisotopic (exact) mass is 304 g/mol. The molecule has 0 spiro atoms. The van der Waals surface area contributed by atoms with E-state index < -0.39 is 17.8 Å². The maximum absolute atomic E-state index is 13.2. The minimum Gasteiger partial charge on any atom is -0.496 e. The van der Waals surface area contributed by atoms with Crippen LogP contribution in [0.1, 0.15) is 17.3 Å². The van der Waals surface area contributed by atoms with Crippen LogP contribution in [0.15, 0.2) is 36.4 Å². The van der Waals surface area contributed by atoms with Crippen LogP contribution in [0.5, 0.6) is 11.5 Å². The van der Waals surface area contributed by atoms with Crippen molar-refractivity contribution in [2.75, 3.05) is 7.11 Å². The number of aromatic carboxylic acids is 1. The summed E-state index contributed by atoms with van der Waals surface area (Å²) < 4.78 is 23.2. The molecule has 0 bridgehead atoms. The summed E-state index contributed by atoms with van der Waals surface area (Å²) in [5.41, 5.74) is 0.866. The highest BCUT2D eigenvalue weighted by molar-refractivity contribution is 5.94. The van der Waals surface area contributed by atoms with Gasteiger partial charge in [-0.1, -0.05) is 6.07 Å². The van der Waals surface area contributed by atoms with Gasteiger partial charge in [-0.25, -0.2) is 9.18 Å². The van der Waals surface area contributed by atoms with Crippen molar-refractivity contribution in [2.24, 2.45) is 0 Å². The molecule has 0 atom stereocenters. The molecule has 1 N–H and O–H groups in total. The van der Waals surface area contributed by atoms with Gasteiger partial charge in [0.2, 0.25) is 0 Å². The molecular weight excluding hydrogens is 291 g/mol. The number of hydrogen-bond donors (Lipinski definition) is 1. The van der Waals surface area contributed by atoms with Crippen LogP contribution < -0.4 is 9.47 Å². The Morgan fingerprint density at radius 2 is 1.82 bits per heavy atom. The number of carbonyl (C=O) groups excluding carboxylic acids is 1. The summed E-state index contributed by atoms with van der Waals surface area (Å²) in [4.78, 5) is 22.3. The Hall–Kier alpha value is -2.89.